The Balaban J connectivity index is 3.02. The number of carboxylic acids is 1. The molecule has 0 heterocycles. The summed E-state index contributed by atoms with van der Waals surface area (Å²) in [5.74, 6) is 1.20. The van der Waals surface area contributed by atoms with Gasteiger partial charge in [-0.25, -0.2) is 0 Å². The summed E-state index contributed by atoms with van der Waals surface area (Å²) in [7, 11) is 0. The first-order chi connectivity index (χ1) is 14.1. The summed E-state index contributed by atoms with van der Waals surface area (Å²) in [5, 5.41) is 9.05. The Kier molecular flexibility index (Phi) is 13.8. The molecule has 0 unspecified atom stereocenters. The molecule has 0 bridgehead atoms. The molecule has 0 aliphatic rings. The molecule has 5 nitrogen and oxygen atoms in total. The second kappa shape index (κ2) is 15.9. The van der Waals surface area contributed by atoms with Crippen LogP contribution in [0.1, 0.15) is 90.5 Å². The molecule has 0 aliphatic carbocycles. The van der Waals surface area contributed by atoms with Crippen LogP contribution in [-0.4, -0.2) is 30.9 Å². The van der Waals surface area contributed by atoms with Crippen LogP contribution in [0, 0.1) is 0 Å². The van der Waals surface area contributed by atoms with Gasteiger partial charge in [-0.2, -0.15) is 0 Å². The fourth-order valence-corrected chi connectivity index (χ4v) is 2.98. The molecule has 1 rings (SSSR count). The molecule has 166 valence electrons. The molecule has 0 fully saturated rings. The van der Waals surface area contributed by atoms with Crippen LogP contribution in [0.15, 0.2) is 12.1 Å². The molecule has 1 aromatic carbocycles. The van der Waals surface area contributed by atoms with Gasteiger partial charge >= 0.3 is 5.97 Å². The van der Waals surface area contributed by atoms with Gasteiger partial charge in [-0.1, -0.05) is 59.3 Å². The molecule has 0 amide bonds. The topological polar surface area (TPSA) is 65.0 Å². The number of ether oxygens (including phenoxy) is 3. The van der Waals surface area contributed by atoms with Crippen molar-refractivity contribution in [2.45, 2.75) is 91.4 Å². The molecule has 0 aliphatic heterocycles. The highest BCUT2D eigenvalue weighted by molar-refractivity contribution is 5.67. The van der Waals surface area contributed by atoms with Crippen LogP contribution < -0.4 is 14.2 Å². The van der Waals surface area contributed by atoms with E-state index in [1.54, 1.807) is 0 Å². The second-order valence-electron chi connectivity index (χ2n) is 7.48. The number of hydrogen-bond donors (Lipinski definition) is 1. The number of carbonyl (C=O) groups is 1. The van der Waals surface area contributed by atoms with Crippen molar-refractivity contribution in [1.82, 2.24) is 0 Å². The first-order valence-electron chi connectivity index (χ1n) is 11.4. The third kappa shape index (κ3) is 11.0. The lowest BCUT2D eigenvalue weighted by molar-refractivity contribution is -0.136. The SMILES string of the molecule is CCCCCOc1cc(CCC(=O)O)cc(OCCCCC)c1OCCCCC. The maximum Gasteiger partial charge on any atom is 0.303 e. The zero-order chi connectivity index (χ0) is 21.3. The minimum absolute atomic E-state index is 0.0846. The number of unbranched alkanes of at least 4 members (excludes halogenated alkanes) is 6. The Morgan fingerprint density at radius 1 is 0.759 bits per heavy atom. The molecule has 5 heteroatoms. The van der Waals surface area contributed by atoms with Crippen molar-refractivity contribution >= 4 is 5.97 Å². The van der Waals surface area contributed by atoms with Crippen LogP contribution in [0.25, 0.3) is 0 Å². The predicted octanol–water partition coefficient (Wildman–Crippen LogP) is 6.41. The van der Waals surface area contributed by atoms with Crippen molar-refractivity contribution in [1.29, 1.82) is 0 Å². The third-order valence-electron chi connectivity index (χ3n) is 4.71. The van der Waals surface area contributed by atoms with Gasteiger partial charge in [-0.15, -0.1) is 0 Å². The van der Waals surface area contributed by atoms with Gasteiger partial charge in [0.15, 0.2) is 11.5 Å². The van der Waals surface area contributed by atoms with Gasteiger partial charge in [0.25, 0.3) is 0 Å². The number of aryl methyl sites for hydroxylation is 1. The summed E-state index contributed by atoms with van der Waals surface area (Å²) >= 11 is 0. The number of rotatable bonds is 18. The van der Waals surface area contributed by atoms with E-state index in [2.05, 4.69) is 20.8 Å². The van der Waals surface area contributed by atoms with Gasteiger partial charge in [0.2, 0.25) is 5.75 Å². The van der Waals surface area contributed by atoms with Gasteiger partial charge in [0.1, 0.15) is 0 Å². The minimum Gasteiger partial charge on any atom is -0.490 e. The number of benzene rings is 1. The second-order valence-corrected chi connectivity index (χ2v) is 7.48. The lowest BCUT2D eigenvalue weighted by Crippen LogP contribution is -2.07. The highest BCUT2D eigenvalue weighted by atomic mass is 16.5. The van der Waals surface area contributed by atoms with Crippen molar-refractivity contribution in [3.05, 3.63) is 17.7 Å². The van der Waals surface area contributed by atoms with Gasteiger partial charge < -0.3 is 19.3 Å². The summed E-state index contributed by atoms with van der Waals surface area (Å²) in [6, 6.07) is 3.84. The Morgan fingerprint density at radius 3 is 1.62 bits per heavy atom. The van der Waals surface area contributed by atoms with Crippen molar-refractivity contribution in [3.8, 4) is 17.2 Å². The highest BCUT2D eigenvalue weighted by Gasteiger charge is 2.16. The molecule has 1 aromatic rings. The summed E-state index contributed by atoms with van der Waals surface area (Å²) in [4.78, 5) is 11.0. The van der Waals surface area contributed by atoms with Gasteiger partial charge in [0, 0.05) is 6.42 Å². The summed E-state index contributed by atoms with van der Waals surface area (Å²) in [6.07, 6.45) is 10.2. The van der Waals surface area contributed by atoms with E-state index in [-0.39, 0.29) is 6.42 Å². The van der Waals surface area contributed by atoms with Crippen molar-refractivity contribution in [3.63, 3.8) is 0 Å². The van der Waals surface area contributed by atoms with Gasteiger partial charge in [-0.3, -0.25) is 4.79 Å². The number of aliphatic carboxylic acids is 1. The molecular weight excluding hydrogens is 368 g/mol. The fraction of sp³-hybridized carbons (Fsp3) is 0.708. The maximum absolute atomic E-state index is 11.0. The first-order valence-corrected chi connectivity index (χ1v) is 11.4. The van der Waals surface area contributed by atoms with Crippen LogP contribution in [0.2, 0.25) is 0 Å². The smallest absolute Gasteiger partial charge is 0.303 e. The summed E-state index contributed by atoms with van der Waals surface area (Å²) in [6.45, 7) is 8.36. The molecule has 0 spiro atoms. The lowest BCUT2D eigenvalue weighted by Gasteiger charge is -2.19. The average Bonchev–Trinajstić information content (AvgIpc) is 2.71. The molecule has 0 aromatic heterocycles. The van der Waals surface area contributed by atoms with E-state index in [0.29, 0.717) is 43.5 Å². The van der Waals surface area contributed by atoms with Crippen molar-refractivity contribution in [2.24, 2.45) is 0 Å². The molecule has 0 saturated carbocycles. The number of carboxylic acid groups (broad SMARTS) is 1. The first kappa shape index (κ1) is 25.1. The standard InChI is InChI=1S/C24H40O5/c1-4-7-10-15-27-21-18-20(13-14-23(25)26)19-22(28-16-11-8-5-2)24(21)29-17-12-9-6-3/h18-19H,4-17H2,1-3H3,(H,25,26). The van der Waals surface area contributed by atoms with Crippen molar-refractivity contribution < 1.29 is 24.1 Å². The zero-order valence-electron chi connectivity index (χ0n) is 18.6. The Hall–Kier alpha value is -1.91. The third-order valence-corrected chi connectivity index (χ3v) is 4.71. The van der Waals surface area contributed by atoms with E-state index in [4.69, 9.17) is 19.3 Å². The summed E-state index contributed by atoms with van der Waals surface area (Å²) in [5.41, 5.74) is 0.907. The largest absolute Gasteiger partial charge is 0.490 e. The Labute approximate surface area is 176 Å². The van der Waals surface area contributed by atoms with E-state index in [1.165, 1.54) is 0 Å². The Bertz CT molecular complexity index is 537. The van der Waals surface area contributed by atoms with Crippen LogP contribution in [0.5, 0.6) is 17.2 Å². The monoisotopic (exact) mass is 408 g/mol. The van der Waals surface area contributed by atoms with Gasteiger partial charge in [-0.05, 0) is 43.4 Å². The van der Waals surface area contributed by atoms with E-state index in [1.807, 2.05) is 12.1 Å². The quantitative estimate of drug-likeness (QED) is 0.284. The van der Waals surface area contributed by atoms with Crippen molar-refractivity contribution in [2.75, 3.05) is 19.8 Å². The average molecular weight is 409 g/mol. The van der Waals surface area contributed by atoms with Crippen LogP contribution in [0.3, 0.4) is 0 Å². The van der Waals surface area contributed by atoms with E-state index in [9.17, 15) is 4.79 Å². The van der Waals surface area contributed by atoms with E-state index < -0.39 is 5.97 Å². The fourth-order valence-electron chi connectivity index (χ4n) is 2.98. The molecule has 1 N–H and O–H groups in total. The zero-order valence-corrected chi connectivity index (χ0v) is 18.6. The summed E-state index contributed by atoms with van der Waals surface area (Å²) < 4.78 is 18.2. The predicted molar refractivity (Wildman–Crippen MR) is 117 cm³/mol. The minimum atomic E-state index is -0.805. The molecule has 0 saturated heterocycles. The molecule has 0 atom stereocenters. The molecule has 29 heavy (non-hydrogen) atoms. The maximum atomic E-state index is 11.0. The van der Waals surface area contributed by atoms with Crippen LogP contribution >= 0.6 is 0 Å². The van der Waals surface area contributed by atoms with Crippen LogP contribution in [0.4, 0.5) is 0 Å². The van der Waals surface area contributed by atoms with E-state index >= 15 is 0 Å². The normalized spacial score (nSPS) is 10.7. The van der Waals surface area contributed by atoms with Crippen LogP contribution in [-0.2, 0) is 11.2 Å². The lowest BCUT2D eigenvalue weighted by atomic mass is 10.1. The van der Waals surface area contributed by atoms with Gasteiger partial charge in [0.05, 0.1) is 19.8 Å². The number of hydrogen-bond acceptors (Lipinski definition) is 4. The molecule has 0 radical (unpaired) electrons. The highest BCUT2D eigenvalue weighted by Crippen LogP contribution is 2.40. The molecular formula is C24H40O5. The van der Waals surface area contributed by atoms with E-state index in [0.717, 1.165) is 63.4 Å². The Morgan fingerprint density at radius 2 is 1.21 bits per heavy atom.